The van der Waals surface area contributed by atoms with Gasteiger partial charge in [-0.05, 0) is 25.3 Å². The molecule has 0 aromatic carbocycles. The van der Waals surface area contributed by atoms with Gasteiger partial charge in [-0.1, -0.05) is 29.3 Å². The predicted octanol–water partition coefficient (Wildman–Crippen LogP) is 3.54. The highest BCUT2D eigenvalue weighted by atomic mass is 35.5. The molecule has 0 spiro atoms. The van der Waals surface area contributed by atoms with E-state index in [1.54, 1.807) is 13.8 Å². The lowest BCUT2D eigenvalue weighted by Crippen LogP contribution is -2.49. The van der Waals surface area contributed by atoms with E-state index in [9.17, 15) is 4.79 Å². The summed E-state index contributed by atoms with van der Waals surface area (Å²) in [4.78, 5) is 14.0. The second-order valence-corrected chi connectivity index (χ2v) is 6.73. The van der Waals surface area contributed by atoms with Gasteiger partial charge in [-0.2, -0.15) is 0 Å². The quantitative estimate of drug-likeness (QED) is 0.585. The Hall–Kier alpha value is -0.290. The van der Waals surface area contributed by atoms with Gasteiger partial charge in [0.15, 0.2) is 0 Å². The Morgan fingerprint density at radius 1 is 1.53 bits per heavy atom. The minimum Gasteiger partial charge on any atom is -0.342 e. The number of hydrogen-bond acceptors (Lipinski definition) is 3. The number of carbonyl (C=O) groups is 1. The Labute approximate surface area is 114 Å². The molecule has 17 heavy (non-hydrogen) atoms. The van der Waals surface area contributed by atoms with Crippen molar-refractivity contribution in [3.8, 4) is 0 Å². The molecule has 2 rings (SSSR count). The van der Waals surface area contributed by atoms with Crippen LogP contribution in [0.2, 0.25) is 0 Å². The van der Waals surface area contributed by atoms with Crippen molar-refractivity contribution in [3.63, 3.8) is 0 Å². The molecule has 1 unspecified atom stereocenters. The second kappa shape index (κ2) is 4.12. The van der Waals surface area contributed by atoms with Gasteiger partial charge in [-0.15, -0.1) is 11.3 Å². The first-order valence-electron chi connectivity index (χ1n) is 5.17. The summed E-state index contributed by atoms with van der Waals surface area (Å²) in [5.41, 5.74) is -0.815. The molecule has 0 saturated carbocycles. The van der Waals surface area contributed by atoms with Gasteiger partial charge in [0.1, 0.15) is 11.8 Å². The third-order valence-electron chi connectivity index (χ3n) is 2.67. The van der Waals surface area contributed by atoms with Gasteiger partial charge in [-0.25, -0.2) is 0 Å². The van der Waals surface area contributed by atoms with E-state index in [4.69, 9.17) is 27.9 Å². The topological polar surface area (TPSA) is 29.5 Å². The summed E-state index contributed by atoms with van der Waals surface area (Å²) in [6.07, 6.45) is -0.523. The van der Waals surface area contributed by atoms with E-state index in [0.29, 0.717) is 0 Å². The van der Waals surface area contributed by atoms with Crippen molar-refractivity contribution < 1.29 is 9.53 Å². The molecule has 1 aromatic rings. The maximum Gasteiger partial charge on any atom is 0.226 e. The lowest BCUT2D eigenvalue weighted by molar-refractivity contribution is -0.144. The minimum absolute atomic E-state index is 0.209. The van der Waals surface area contributed by atoms with Crippen molar-refractivity contribution in [3.05, 3.63) is 22.4 Å². The van der Waals surface area contributed by atoms with Crippen LogP contribution in [0.25, 0.3) is 0 Å². The van der Waals surface area contributed by atoms with Crippen LogP contribution in [-0.2, 0) is 9.53 Å². The van der Waals surface area contributed by atoms with E-state index >= 15 is 0 Å². The van der Waals surface area contributed by atoms with E-state index in [1.165, 1.54) is 23.2 Å². The summed E-state index contributed by atoms with van der Waals surface area (Å²) in [6.45, 7) is 4.99. The van der Waals surface area contributed by atoms with Gasteiger partial charge < -0.3 is 4.74 Å². The molecular formula is C11H13Cl2NO2S. The van der Waals surface area contributed by atoms with E-state index in [0.717, 1.165) is 4.88 Å². The maximum atomic E-state index is 11.7. The zero-order chi connectivity index (χ0) is 12.8. The van der Waals surface area contributed by atoms with Crippen LogP contribution in [0.3, 0.4) is 0 Å². The molecule has 1 aliphatic rings. The van der Waals surface area contributed by atoms with Crippen molar-refractivity contribution in [2.45, 2.75) is 37.1 Å². The lowest BCUT2D eigenvalue weighted by Gasteiger charge is -2.34. The van der Waals surface area contributed by atoms with E-state index < -0.39 is 16.3 Å². The van der Waals surface area contributed by atoms with Crippen LogP contribution in [0.1, 0.15) is 31.8 Å². The summed E-state index contributed by atoms with van der Waals surface area (Å²) in [5, 5.41) is 1.92. The fraction of sp³-hybridized carbons (Fsp3) is 0.545. The number of carbonyl (C=O) groups excluding carboxylic acids is 1. The molecule has 6 heteroatoms. The van der Waals surface area contributed by atoms with Gasteiger partial charge >= 0.3 is 0 Å². The van der Waals surface area contributed by atoms with Crippen molar-refractivity contribution in [2.75, 3.05) is 0 Å². The number of hydrogen-bond donors (Lipinski definition) is 0. The first-order chi connectivity index (χ1) is 7.77. The molecule has 2 heterocycles. The number of rotatable bonds is 1. The van der Waals surface area contributed by atoms with E-state index in [1.807, 2.05) is 17.5 Å². The van der Waals surface area contributed by atoms with Crippen LogP contribution in [0.5, 0.6) is 0 Å². The number of halogens is 2. The fourth-order valence-corrected chi connectivity index (χ4v) is 4.06. The second-order valence-electron chi connectivity index (χ2n) is 4.40. The molecule has 0 radical (unpaired) electrons. The Morgan fingerprint density at radius 3 is 2.59 bits per heavy atom. The normalized spacial score (nSPS) is 26.2. The Balaban J connectivity index is 2.43. The molecule has 1 aromatic heterocycles. The smallest absolute Gasteiger partial charge is 0.226 e. The Morgan fingerprint density at radius 2 is 2.18 bits per heavy atom. The molecule has 1 saturated heterocycles. The summed E-state index contributed by atoms with van der Waals surface area (Å²) in [6, 6.07) is 3.80. The molecule has 0 bridgehead atoms. The van der Waals surface area contributed by atoms with Gasteiger partial charge in [0.05, 0.1) is 0 Å². The van der Waals surface area contributed by atoms with Crippen LogP contribution in [0, 0.1) is 0 Å². The van der Waals surface area contributed by atoms with Crippen molar-refractivity contribution in [2.24, 2.45) is 0 Å². The van der Waals surface area contributed by atoms with Crippen molar-refractivity contribution >= 4 is 40.4 Å². The monoisotopic (exact) mass is 293 g/mol. The summed E-state index contributed by atoms with van der Waals surface area (Å²) in [5.74, 6) is -0.209. The Kier molecular flexibility index (Phi) is 3.19. The van der Waals surface area contributed by atoms with E-state index in [2.05, 4.69) is 0 Å². The molecule has 1 atom stereocenters. The Bertz CT molecular complexity index is 431. The zero-order valence-corrected chi connectivity index (χ0v) is 12.1. The summed E-state index contributed by atoms with van der Waals surface area (Å²) < 4.78 is 4.46. The molecule has 94 valence electrons. The molecule has 1 fully saturated rings. The highest BCUT2D eigenvalue weighted by Crippen LogP contribution is 2.53. The molecule has 3 nitrogen and oxygen atoms in total. The van der Waals surface area contributed by atoms with Crippen molar-refractivity contribution in [1.29, 1.82) is 0 Å². The number of thiophene rings is 1. The van der Waals surface area contributed by atoms with Crippen LogP contribution in [0.4, 0.5) is 0 Å². The summed E-state index contributed by atoms with van der Waals surface area (Å²) >= 11 is 14.2. The van der Waals surface area contributed by atoms with E-state index in [-0.39, 0.29) is 5.91 Å². The number of alkyl halides is 2. The zero-order valence-electron chi connectivity index (χ0n) is 9.74. The molecule has 0 N–H and O–H groups in total. The third-order valence-corrected chi connectivity index (χ3v) is 4.32. The largest absolute Gasteiger partial charge is 0.342 e. The number of nitrogens with zero attached hydrogens (tertiary/aromatic N) is 1. The first kappa shape index (κ1) is 13.1. The standard InChI is InChI=1S/C11H13Cl2NO2S/c1-7(15)14-10(2,3)16-9(11(14,12)13)8-5-4-6-17-8/h4-6,9H,1-3H3. The highest BCUT2D eigenvalue weighted by Gasteiger charge is 2.58. The molecule has 0 aliphatic carbocycles. The average Bonchev–Trinajstić information content (AvgIpc) is 2.69. The molecule has 1 aliphatic heterocycles. The lowest BCUT2D eigenvalue weighted by atomic mass is 10.2. The number of ether oxygens (including phenoxy) is 1. The predicted molar refractivity (Wildman–Crippen MR) is 69.2 cm³/mol. The van der Waals surface area contributed by atoms with Crippen LogP contribution >= 0.6 is 34.5 Å². The van der Waals surface area contributed by atoms with Gasteiger partial charge in [0.2, 0.25) is 10.4 Å². The van der Waals surface area contributed by atoms with Crippen LogP contribution in [-0.4, -0.2) is 21.0 Å². The third kappa shape index (κ3) is 2.08. The van der Waals surface area contributed by atoms with Gasteiger partial charge in [-0.3, -0.25) is 9.69 Å². The molecule has 1 amide bonds. The average molecular weight is 294 g/mol. The molecular weight excluding hydrogens is 281 g/mol. The van der Waals surface area contributed by atoms with Gasteiger partial charge in [0, 0.05) is 11.8 Å². The van der Waals surface area contributed by atoms with Crippen LogP contribution < -0.4 is 0 Å². The fourth-order valence-electron chi connectivity index (χ4n) is 2.15. The van der Waals surface area contributed by atoms with Gasteiger partial charge in [0.25, 0.3) is 0 Å². The summed E-state index contributed by atoms with van der Waals surface area (Å²) in [7, 11) is 0. The first-order valence-corrected chi connectivity index (χ1v) is 6.80. The van der Waals surface area contributed by atoms with Crippen LogP contribution in [0.15, 0.2) is 17.5 Å². The highest BCUT2D eigenvalue weighted by molar-refractivity contribution is 7.10. The minimum atomic E-state index is -1.37. The number of amides is 1. The maximum absolute atomic E-state index is 11.7. The van der Waals surface area contributed by atoms with Crippen molar-refractivity contribution in [1.82, 2.24) is 4.90 Å². The SMILES string of the molecule is CC(=O)N1C(C)(C)OC(c2cccs2)C1(Cl)Cl.